The number of carboxylic acid groups (broad SMARTS) is 1. The molecule has 0 bridgehead atoms. The Balaban J connectivity index is 1.41. The highest BCUT2D eigenvalue weighted by atomic mass is 32.2. The van der Waals surface area contributed by atoms with E-state index < -0.39 is 18.1 Å². The van der Waals surface area contributed by atoms with Crippen LogP contribution in [0.2, 0.25) is 0 Å². The number of amides is 1. The Morgan fingerprint density at radius 3 is 2.21 bits per heavy atom. The minimum absolute atomic E-state index is 0.0700. The number of rotatable bonds is 4. The SMILES string of the molecule is Cc1ccc(C2SCC(C(=O)O)N2C(=O)OCC2c3ccccc3-c3ccccc32)c(C)c1. The smallest absolute Gasteiger partial charge is 0.411 e. The Morgan fingerprint density at radius 1 is 0.970 bits per heavy atom. The number of carbonyl (C=O) groups excluding carboxylic acids is 1. The lowest BCUT2D eigenvalue weighted by Gasteiger charge is -2.28. The molecule has 1 fully saturated rings. The quantitative estimate of drug-likeness (QED) is 0.538. The van der Waals surface area contributed by atoms with Crippen LogP contribution in [0.4, 0.5) is 4.79 Å². The van der Waals surface area contributed by atoms with E-state index in [1.165, 1.54) is 16.7 Å². The number of hydrogen-bond acceptors (Lipinski definition) is 4. The van der Waals surface area contributed by atoms with E-state index in [2.05, 4.69) is 30.3 Å². The van der Waals surface area contributed by atoms with Crippen LogP contribution in [-0.2, 0) is 9.53 Å². The monoisotopic (exact) mass is 459 g/mol. The predicted molar refractivity (Wildman–Crippen MR) is 129 cm³/mol. The fraction of sp³-hybridized carbons (Fsp3) is 0.259. The molecule has 6 heteroatoms. The molecule has 3 aromatic carbocycles. The van der Waals surface area contributed by atoms with Gasteiger partial charge >= 0.3 is 12.1 Å². The van der Waals surface area contributed by atoms with Gasteiger partial charge in [-0.2, -0.15) is 0 Å². The molecule has 2 unspecified atom stereocenters. The maximum absolute atomic E-state index is 13.3. The minimum atomic E-state index is -1.01. The van der Waals surface area contributed by atoms with Gasteiger partial charge in [0, 0.05) is 11.7 Å². The van der Waals surface area contributed by atoms with Gasteiger partial charge in [-0.3, -0.25) is 4.90 Å². The predicted octanol–water partition coefficient (Wildman–Crippen LogP) is 5.75. The molecule has 2 atom stereocenters. The van der Waals surface area contributed by atoms with Gasteiger partial charge in [0.05, 0.1) is 0 Å². The first kappa shape index (κ1) is 21.6. The normalized spacial score (nSPS) is 19.3. The topological polar surface area (TPSA) is 66.8 Å². The fourth-order valence-electron chi connectivity index (χ4n) is 4.93. The number of ether oxygens (including phenoxy) is 1. The Hall–Kier alpha value is -3.25. The Bertz CT molecular complexity index is 1190. The molecule has 1 N–H and O–H groups in total. The molecule has 1 heterocycles. The molecular formula is C27H25NO4S. The largest absolute Gasteiger partial charge is 0.480 e. The first-order valence-electron chi connectivity index (χ1n) is 11.0. The molecule has 2 aliphatic rings. The second kappa shape index (κ2) is 8.60. The van der Waals surface area contributed by atoms with E-state index in [9.17, 15) is 14.7 Å². The number of aliphatic carboxylic acids is 1. The number of aryl methyl sites for hydroxylation is 2. The third-order valence-electron chi connectivity index (χ3n) is 6.52. The number of carbonyl (C=O) groups is 2. The van der Waals surface area contributed by atoms with Crippen molar-refractivity contribution in [2.75, 3.05) is 12.4 Å². The molecule has 168 valence electrons. The van der Waals surface area contributed by atoms with Gasteiger partial charge in [0.15, 0.2) is 0 Å². The summed E-state index contributed by atoms with van der Waals surface area (Å²) in [5.41, 5.74) is 7.68. The summed E-state index contributed by atoms with van der Waals surface area (Å²) < 4.78 is 5.83. The number of fused-ring (bicyclic) bond motifs is 3. The van der Waals surface area contributed by atoms with Crippen LogP contribution in [0, 0.1) is 13.8 Å². The standard InChI is InChI=1S/C27H25NO4S/c1-16-11-12-18(17(2)13-16)25-28(24(15-33-25)26(29)30)27(31)32-14-23-21-9-5-3-7-19(21)20-8-4-6-10-22(20)23/h3-13,23-25H,14-15H2,1-2H3,(H,29,30). The van der Waals surface area contributed by atoms with Crippen LogP contribution in [0.5, 0.6) is 0 Å². The number of hydrogen-bond donors (Lipinski definition) is 1. The van der Waals surface area contributed by atoms with E-state index in [0.717, 1.165) is 38.9 Å². The van der Waals surface area contributed by atoms with Crippen LogP contribution in [0.25, 0.3) is 11.1 Å². The van der Waals surface area contributed by atoms with E-state index in [1.807, 2.05) is 50.2 Å². The third kappa shape index (κ3) is 3.78. The average Bonchev–Trinajstić information content (AvgIpc) is 3.38. The Kier molecular flexibility index (Phi) is 5.62. The highest BCUT2D eigenvalue weighted by Crippen LogP contribution is 2.46. The number of carboxylic acids is 1. The first-order valence-corrected chi connectivity index (χ1v) is 12.1. The molecule has 5 nitrogen and oxygen atoms in total. The van der Waals surface area contributed by atoms with Crippen molar-refractivity contribution in [1.82, 2.24) is 4.90 Å². The summed E-state index contributed by atoms with van der Waals surface area (Å²) in [6.45, 7) is 4.18. The summed E-state index contributed by atoms with van der Waals surface area (Å²) in [5.74, 6) is -0.750. The molecule has 3 aromatic rings. The van der Waals surface area contributed by atoms with Gasteiger partial charge in [-0.25, -0.2) is 9.59 Å². The summed E-state index contributed by atoms with van der Waals surface area (Å²) >= 11 is 1.47. The summed E-state index contributed by atoms with van der Waals surface area (Å²) in [5, 5.41) is 9.40. The van der Waals surface area contributed by atoms with Crippen molar-refractivity contribution in [2.45, 2.75) is 31.2 Å². The molecular weight excluding hydrogens is 434 g/mol. The highest BCUT2D eigenvalue weighted by Gasteiger charge is 2.44. The van der Waals surface area contributed by atoms with E-state index >= 15 is 0 Å². The third-order valence-corrected chi connectivity index (χ3v) is 7.83. The van der Waals surface area contributed by atoms with Crippen molar-refractivity contribution in [1.29, 1.82) is 0 Å². The molecule has 1 amide bonds. The molecule has 1 aliphatic heterocycles. The second-order valence-corrected chi connectivity index (χ2v) is 9.72. The summed E-state index contributed by atoms with van der Waals surface area (Å²) in [6.07, 6.45) is -0.584. The average molecular weight is 460 g/mol. The summed E-state index contributed by atoms with van der Waals surface area (Å²) in [6, 6.07) is 21.4. The van der Waals surface area contributed by atoms with Gasteiger partial charge in [-0.05, 0) is 47.2 Å². The summed E-state index contributed by atoms with van der Waals surface area (Å²) in [7, 11) is 0. The summed E-state index contributed by atoms with van der Waals surface area (Å²) in [4.78, 5) is 26.7. The van der Waals surface area contributed by atoms with Crippen molar-refractivity contribution in [3.8, 4) is 11.1 Å². The zero-order valence-corrected chi connectivity index (χ0v) is 19.3. The molecule has 5 rings (SSSR count). The molecule has 33 heavy (non-hydrogen) atoms. The second-order valence-electron chi connectivity index (χ2n) is 8.61. The van der Waals surface area contributed by atoms with Crippen LogP contribution in [0.3, 0.4) is 0 Å². The lowest BCUT2D eigenvalue weighted by Crippen LogP contribution is -2.43. The van der Waals surface area contributed by atoms with E-state index in [4.69, 9.17) is 4.74 Å². The molecule has 1 aliphatic carbocycles. The minimum Gasteiger partial charge on any atom is -0.480 e. The van der Waals surface area contributed by atoms with Crippen molar-refractivity contribution >= 4 is 23.8 Å². The van der Waals surface area contributed by atoms with Crippen LogP contribution in [0.15, 0.2) is 66.7 Å². The van der Waals surface area contributed by atoms with Crippen LogP contribution in [-0.4, -0.2) is 40.5 Å². The number of thioether (sulfide) groups is 1. The lowest BCUT2D eigenvalue weighted by molar-refractivity contribution is -0.141. The van der Waals surface area contributed by atoms with Gasteiger partial charge in [0.2, 0.25) is 0 Å². The van der Waals surface area contributed by atoms with Gasteiger partial charge in [0.25, 0.3) is 0 Å². The van der Waals surface area contributed by atoms with Crippen molar-refractivity contribution < 1.29 is 19.4 Å². The molecule has 0 aromatic heterocycles. The maximum Gasteiger partial charge on any atom is 0.411 e. The van der Waals surface area contributed by atoms with E-state index in [1.54, 1.807) is 0 Å². The van der Waals surface area contributed by atoms with Gasteiger partial charge in [-0.15, -0.1) is 11.8 Å². The van der Waals surface area contributed by atoms with Crippen molar-refractivity contribution in [2.24, 2.45) is 0 Å². The van der Waals surface area contributed by atoms with E-state index in [-0.39, 0.29) is 17.9 Å². The Morgan fingerprint density at radius 2 is 1.61 bits per heavy atom. The van der Waals surface area contributed by atoms with Gasteiger partial charge in [0.1, 0.15) is 18.0 Å². The highest BCUT2D eigenvalue weighted by molar-refractivity contribution is 7.99. The van der Waals surface area contributed by atoms with Crippen LogP contribution < -0.4 is 0 Å². The molecule has 0 saturated carbocycles. The zero-order valence-electron chi connectivity index (χ0n) is 18.5. The Labute approximate surface area is 197 Å². The fourth-order valence-corrected chi connectivity index (χ4v) is 6.44. The maximum atomic E-state index is 13.3. The number of nitrogens with zero attached hydrogens (tertiary/aromatic N) is 1. The molecule has 0 radical (unpaired) electrons. The molecule has 0 spiro atoms. The van der Waals surface area contributed by atoms with E-state index in [0.29, 0.717) is 5.75 Å². The van der Waals surface area contributed by atoms with Crippen molar-refractivity contribution in [3.63, 3.8) is 0 Å². The lowest BCUT2D eigenvalue weighted by atomic mass is 9.98. The van der Waals surface area contributed by atoms with Crippen LogP contribution >= 0.6 is 11.8 Å². The number of benzene rings is 3. The van der Waals surface area contributed by atoms with Crippen LogP contribution in [0.1, 0.15) is 39.1 Å². The van der Waals surface area contributed by atoms with Crippen molar-refractivity contribution in [3.05, 3.63) is 94.5 Å². The van der Waals surface area contributed by atoms with Gasteiger partial charge in [-0.1, -0.05) is 72.3 Å². The first-order chi connectivity index (χ1) is 16.0. The molecule has 1 saturated heterocycles. The van der Waals surface area contributed by atoms with Gasteiger partial charge < -0.3 is 9.84 Å². The zero-order chi connectivity index (χ0) is 23.1.